The molecule has 1 aromatic rings. The lowest BCUT2D eigenvalue weighted by atomic mass is 10.1. The van der Waals surface area contributed by atoms with E-state index in [1.54, 1.807) is 16.7 Å². The lowest BCUT2D eigenvalue weighted by molar-refractivity contribution is -0.117. The highest BCUT2D eigenvalue weighted by molar-refractivity contribution is 8.14. The fourth-order valence-corrected chi connectivity index (χ4v) is 4.02. The van der Waals surface area contributed by atoms with Crippen molar-refractivity contribution in [2.24, 2.45) is 0 Å². The van der Waals surface area contributed by atoms with Gasteiger partial charge >= 0.3 is 0 Å². The lowest BCUT2D eigenvalue weighted by Crippen LogP contribution is -2.27. The van der Waals surface area contributed by atoms with E-state index in [0.717, 1.165) is 23.4 Å². The number of amides is 2. The maximum Gasteiger partial charge on any atom is 0.228 e. The first-order chi connectivity index (χ1) is 10.5. The quantitative estimate of drug-likeness (QED) is 0.837. The van der Waals surface area contributed by atoms with Crippen LogP contribution in [-0.2, 0) is 20.8 Å². The molecule has 0 radical (unpaired) electrons. The number of fused-ring (bicyclic) bond motifs is 1. The maximum atomic E-state index is 12.2. The zero-order valence-corrected chi connectivity index (χ0v) is 13.5. The number of hydrogen-bond acceptors (Lipinski definition) is 4. The molecule has 2 aliphatic heterocycles. The van der Waals surface area contributed by atoms with Crippen molar-refractivity contribution in [3.8, 4) is 0 Å². The van der Waals surface area contributed by atoms with Gasteiger partial charge in [-0.25, -0.2) is 0 Å². The number of rotatable bonds is 2. The molecule has 0 aromatic heterocycles. The predicted molar refractivity (Wildman–Crippen MR) is 87.2 cm³/mol. The van der Waals surface area contributed by atoms with Crippen molar-refractivity contribution >= 4 is 40.1 Å². The third kappa shape index (κ3) is 2.75. The Labute approximate surface area is 133 Å². The smallest absolute Gasteiger partial charge is 0.228 e. The normalized spacial score (nSPS) is 20.5. The Morgan fingerprint density at radius 1 is 1.27 bits per heavy atom. The first-order valence-electron chi connectivity index (χ1n) is 7.34. The van der Waals surface area contributed by atoms with Gasteiger partial charge in [-0.15, -0.1) is 0 Å². The third-order valence-electron chi connectivity index (χ3n) is 4.08. The van der Waals surface area contributed by atoms with Crippen LogP contribution in [0.15, 0.2) is 18.2 Å². The molecule has 3 rings (SSSR count). The average Bonchev–Trinajstić information content (AvgIpc) is 3.00. The molecule has 0 saturated carbocycles. The Bertz CT molecular complexity index is 659. The van der Waals surface area contributed by atoms with Gasteiger partial charge in [0.2, 0.25) is 11.8 Å². The number of carbonyl (C=O) groups excluding carboxylic acids is 3. The van der Waals surface area contributed by atoms with E-state index < -0.39 is 0 Å². The SMILES string of the molecule is CC(=O)SC1CC(=O)N(c2ccc3c(c2)N(C(C)=O)CC3)C1. The number of thioether (sulfide) groups is 1. The molecular formula is C16H18N2O3S. The van der Waals surface area contributed by atoms with Gasteiger partial charge in [0.25, 0.3) is 0 Å². The van der Waals surface area contributed by atoms with Crippen LogP contribution >= 0.6 is 11.8 Å². The van der Waals surface area contributed by atoms with E-state index in [-0.39, 0.29) is 22.2 Å². The van der Waals surface area contributed by atoms with Crippen LogP contribution in [0.5, 0.6) is 0 Å². The van der Waals surface area contributed by atoms with Crippen molar-refractivity contribution in [2.45, 2.75) is 31.9 Å². The summed E-state index contributed by atoms with van der Waals surface area (Å²) in [4.78, 5) is 38.6. The predicted octanol–water partition coefficient (Wildman–Crippen LogP) is 1.98. The zero-order valence-electron chi connectivity index (χ0n) is 12.7. The van der Waals surface area contributed by atoms with E-state index in [2.05, 4.69) is 0 Å². The Hall–Kier alpha value is -1.82. The van der Waals surface area contributed by atoms with Crippen LogP contribution in [0, 0.1) is 0 Å². The van der Waals surface area contributed by atoms with E-state index in [1.807, 2.05) is 18.2 Å². The first-order valence-corrected chi connectivity index (χ1v) is 8.22. The molecule has 0 spiro atoms. The highest BCUT2D eigenvalue weighted by Crippen LogP contribution is 2.35. The Morgan fingerprint density at radius 2 is 2.05 bits per heavy atom. The van der Waals surface area contributed by atoms with E-state index in [9.17, 15) is 14.4 Å². The summed E-state index contributed by atoms with van der Waals surface area (Å²) >= 11 is 1.23. The molecule has 0 N–H and O–H groups in total. The van der Waals surface area contributed by atoms with Crippen molar-refractivity contribution in [1.29, 1.82) is 0 Å². The van der Waals surface area contributed by atoms with Crippen LogP contribution in [0.4, 0.5) is 11.4 Å². The summed E-state index contributed by atoms with van der Waals surface area (Å²) in [5.41, 5.74) is 2.85. The van der Waals surface area contributed by atoms with Gasteiger partial charge in [0.05, 0.1) is 0 Å². The molecular weight excluding hydrogens is 300 g/mol. The molecule has 1 atom stereocenters. The van der Waals surface area contributed by atoms with Gasteiger partial charge in [0.15, 0.2) is 5.12 Å². The van der Waals surface area contributed by atoms with Gasteiger partial charge in [-0.2, -0.15) is 0 Å². The van der Waals surface area contributed by atoms with E-state index in [0.29, 0.717) is 19.5 Å². The Balaban J connectivity index is 1.84. The summed E-state index contributed by atoms with van der Waals surface area (Å²) in [5, 5.41) is 0.0542. The minimum Gasteiger partial charge on any atom is -0.312 e. The van der Waals surface area contributed by atoms with E-state index in [1.165, 1.54) is 18.7 Å². The molecule has 116 valence electrons. The number of anilines is 2. The molecule has 22 heavy (non-hydrogen) atoms. The van der Waals surface area contributed by atoms with Crippen molar-refractivity contribution in [2.75, 3.05) is 22.9 Å². The second-order valence-corrected chi connectivity index (χ2v) is 7.15. The van der Waals surface area contributed by atoms with Gasteiger partial charge in [-0.05, 0) is 24.1 Å². The van der Waals surface area contributed by atoms with Gasteiger partial charge in [0.1, 0.15) is 0 Å². The van der Waals surface area contributed by atoms with Crippen molar-refractivity contribution in [3.63, 3.8) is 0 Å². The Morgan fingerprint density at radius 3 is 2.73 bits per heavy atom. The summed E-state index contributed by atoms with van der Waals surface area (Å²) in [6.45, 7) is 4.33. The lowest BCUT2D eigenvalue weighted by Gasteiger charge is -2.20. The monoisotopic (exact) mass is 318 g/mol. The summed E-state index contributed by atoms with van der Waals surface area (Å²) in [6.07, 6.45) is 1.24. The van der Waals surface area contributed by atoms with E-state index >= 15 is 0 Å². The minimum atomic E-state index is 0.0159. The summed E-state index contributed by atoms with van der Waals surface area (Å²) in [5.74, 6) is 0.0553. The fourth-order valence-electron chi connectivity index (χ4n) is 3.10. The molecule has 2 amide bonds. The largest absolute Gasteiger partial charge is 0.312 e. The summed E-state index contributed by atoms with van der Waals surface area (Å²) in [6, 6.07) is 5.84. The fraction of sp³-hybridized carbons (Fsp3) is 0.438. The van der Waals surface area contributed by atoms with Crippen LogP contribution in [0.3, 0.4) is 0 Å². The number of nitrogens with zero attached hydrogens (tertiary/aromatic N) is 2. The van der Waals surface area contributed by atoms with Crippen LogP contribution < -0.4 is 9.80 Å². The molecule has 1 saturated heterocycles. The highest BCUT2D eigenvalue weighted by Gasteiger charge is 2.33. The second kappa shape index (κ2) is 5.76. The second-order valence-electron chi connectivity index (χ2n) is 5.67. The van der Waals surface area contributed by atoms with Crippen LogP contribution in [0.2, 0.25) is 0 Å². The Kier molecular flexibility index (Phi) is 3.95. The number of benzene rings is 1. The van der Waals surface area contributed by atoms with E-state index in [4.69, 9.17) is 0 Å². The molecule has 1 unspecified atom stereocenters. The molecule has 0 bridgehead atoms. The minimum absolute atomic E-state index is 0.0159. The summed E-state index contributed by atoms with van der Waals surface area (Å²) in [7, 11) is 0. The molecule has 2 heterocycles. The molecule has 1 fully saturated rings. The highest BCUT2D eigenvalue weighted by atomic mass is 32.2. The van der Waals surface area contributed by atoms with Crippen molar-refractivity contribution in [3.05, 3.63) is 23.8 Å². The number of carbonyl (C=O) groups is 3. The molecule has 2 aliphatic rings. The van der Waals surface area contributed by atoms with Gasteiger partial charge in [-0.1, -0.05) is 17.8 Å². The van der Waals surface area contributed by atoms with Crippen molar-refractivity contribution < 1.29 is 14.4 Å². The number of hydrogen-bond donors (Lipinski definition) is 0. The average molecular weight is 318 g/mol. The zero-order chi connectivity index (χ0) is 15.9. The maximum absolute atomic E-state index is 12.2. The summed E-state index contributed by atoms with van der Waals surface area (Å²) < 4.78 is 0. The van der Waals surface area contributed by atoms with Crippen LogP contribution in [0.25, 0.3) is 0 Å². The first kappa shape index (κ1) is 15.1. The molecule has 1 aromatic carbocycles. The standard InChI is InChI=1S/C16H18N2O3S/c1-10(19)17-6-5-12-3-4-13(7-15(12)17)18-9-14(8-16(18)21)22-11(2)20/h3-4,7,14H,5-6,8-9H2,1-2H3. The van der Waals surface area contributed by atoms with Gasteiger partial charge < -0.3 is 9.80 Å². The van der Waals surface area contributed by atoms with Gasteiger partial charge in [-0.3, -0.25) is 14.4 Å². The van der Waals surface area contributed by atoms with Crippen LogP contribution in [-0.4, -0.2) is 35.3 Å². The van der Waals surface area contributed by atoms with Crippen molar-refractivity contribution in [1.82, 2.24) is 0 Å². The molecule has 5 nitrogen and oxygen atoms in total. The van der Waals surface area contributed by atoms with Gasteiger partial charge in [0, 0.05) is 50.0 Å². The topological polar surface area (TPSA) is 57.7 Å². The molecule has 6 heteroatoms. The van der Waals surface area contributed by atoms with Crippen LogP contribution in [0.1, 0.15) is 25.8 Å². The molecule has 0 aliphatic carbocycles. The third-order valence-corrected chi connectivity index (χ3v) is 5.06.